The van der Waals surface area contributed by atoms with E-state index >= 15 is 0 Å². The van der Waals surface area contributed by atoms with E-state index in [9.17, 15) is 4.79 Å². The summed E-state index contributed by atoms with van der Waals surface area (Å²) in [6.07, 6.45) is 2.00. The van der Waals surface area contributed by atoms with Gasteiger partial charge in [0.25, 0.3) is 0 Å². The number of hydrogen-bond acceptors (Lipinski definition) is 3. The molecule has 0 unspecified atom stereocenters. The molecule has 0 bridgehead atoms. The summed E-state index contributed by atoms with van der Waals surface area (Å²) in [4.78, 5) is 13.8. The lowest BCUT2D eigenvalue weighted by atomic mass is 10.2. The zero-order valence-electron chi connectivity index (χ0n) is 11.6. The summed E-state index contributed by atoms with van der Waals surface area (Å²) in [7, 11) is 0. The van der Waals surface area contributed by atoms with Crippen LogP contribution in [0.25, 0.3) is 0 Å². The Hall–Kier alpha value is -0.420. The number of rotatable bonds is 6. The summed E-state index contributed by atoms with van der Waals surface area (Å²) in [5.74, 6) is 2.81. The lowest BCUT2D eigenvalue weighted by Crippen LogP contribution is -2.41. The van der Waals surface area contributed by atoms with E-state index in [2.05, 4.69) is 19.2 Å². The van der Waals surface area contributed by atoms with E-state index in [1.165, 1.54) is 5.75 Å². The highest BCUT2D eigenvalue weighted by atomic mass is 32.2. The molecule has 5 heteroatoms. The number of ether oxygens (including phenoxy) is 1. The molecule has 0 radical (unpaired) electrons. The lowest BCUT2D eigenvalue weighted by molar-refractivity contribution is 0.108. The van der Waals surface area contributed by atoms with Crippen molar-refractivity contribution in [3.8, 4) is 0 Å². The van der Waals surface area contributed by atoms with E-state index in [0.29, 0.717) is 12.5 Å². The fraction of sp³-hybridized carbons (Fsp3) is 0.923. The summed E-state index contributed by atoms with van der Waals surface area (Å²) in [6, 6.07) is 0.0846. The summed E-state index contributed by atoms with van der Waals surface area (Å²) in [5, 5.41) is 2.97. The molecule has 1 rings (SSSR count). The van der Waals surface area contributed by atoms with Crippen molar-refractivity contribution in [2.75, 3.05) is 44.4 Å². The molecule has 1 N–H and O–H groups in total. The van der Waals surface area contributed by atoms with Crippen LogP contribution in [0.3, 0.4) is 0 Å². The zero-order valence-corrected chi connectivity index (χ0v) is 12.4. The van der Waals surface area contributed by atoms with Gasteiger partial charge in [0.2, 0.25) is 0 Å². The molecule has 0 spiro atoms. The van der Waals surface area contributed by atoms with Crippen molar-refractivity contribution in [2.45, 2.75) is 26.7 Å². The first-order valence-corrected chi connectivity index (χ1v) is 8.04. The maximum Gasteiger partial charge on any atom is 0.317 e. The van der Waals surface area contributed by atoms with Gasteiger partial charge >= 0.3 is 6.03 Å². The van der Waals surface area contributed by atoms with Gasteiger partial charge in [0.15, 0.2) is 0 Å². The maximum absolute atomic E-state index is 11.9. The molecule has 0 aliphatic carbocycles. The molecule has 2 amide bonds. The number of amides is 2. The van der Waals surface area contributed by atoms with Gasteiger partial charge in [-0.15, -0.1) is 0 Å². The van der Waals surface area contributed by atoms with Gasteiger partial charge in [-0.2, -0.15) is 11.8 Å². The standard InChI is InChI=1S/C13H26N2O2S/c1-12(2)11-17-8-3-5-14-13(16)15-6-4-9-18-10-7-15/h12H,3-11H2,1-2H3,(H,14,16). The van der Waals surface area contributed by atoms with E-state index in [1.54, 1.807) is 0 Å². The molecule has 1 aliphatic rings. The summed E-state index contributed by atoms with van der Waals surface area (Å²) < 4.78 is 5.47. The van der Waals surface area contributed by atoms with Crippen LogP contribution in [0.2, 0.25) is 0 Å². The van der Waals surface area contributed by atoms with Gasteiger partial charge in [-0.1, -0.05) is 13.8 Å². The first kappa shape index (κ1) is 15.6. The van der Waals surface area contributed by atoms with E-state index < -0.39 is 0 Å². The molecule has 1 aliphatic heterocycles. The molecule has 1 heterocycles. The fourth-order valence-electron chi connectivity index (χ4n) is 1.75. The molecule has 0 atom stereocenters. The number of urea groups is 1. The third kappa shape index (κ3) is 7.11. The normalized spacial score (nSPS) is 16.7. The van der Waals surface area contributed by atoms with Crippen LogP contribution in [0.15, 0.2) is 0 Å². The predicted octanol–water partition coefficient (Wildman–Crippen LogP) is 2.20. The van der Waals surface area contributed by atoms with Gasteiger partial charge < -0.3 is 15.0 Å². The summed E-state index contributed by atoms with van der Waals surface area (Å²) in [6.45, 7) is 8.29. The minimum Gasteiger partial charge on any atom is -0.381 e. The second-order valence-corrected chi connectivity index (χ2v) is 6.23. The van der Waals surface area contributed by atoms with Crippen LogP contribution in [-0.4, -0.2) is 55.3 Å². The molecule has 0 aromatic heterocycles. The van der Waals surface area contributed by atoms with Gasteiger partial charge in [0.1, 0.15) is 0 Å². The Balaban J connectivity index is 2.02. The van der Waals surface area contributed by atoms with E-state index in [1.807, 2.05) is 16.7 Å². The third-order valence-corrected chi connectivity index (χ3v) is 3.75. The smallest absolute Gasteiger partial charge is 0.317 e. The van der Waals surface area contributed by atoms with E-state index in [0.717, 1.165) is 44.9 Å². The maximum atomic E-state index is 11.9. The van der Waals surface area contributed by atoms with Crippen LogP contribution < -0.4 is 5.32 Å². The zero-order chi connectivity index (χ0) is 13.2. The molecule has 106 valence electrons. The van der Waals surface area contributed by atoms with Gasteiger partial charge in [-0.25, -0.2) is 4.79 Å². The molecule has 18 heavy (non-hydrogen) atoms. The number of hydrogen-bond donors (Lipinski definition) is 1. The van der Waals surface area contributed by atoms with Gasteiger partial charge in [-0.3, -0.25) is 0 Å². The highest BCUT2D eigenvalue weighted by Gasteiger charge is 2.14. The van der Waals surface area contributed by atoms with Crippen LogP contribution in [0.4, 0.5) is 4.79 Å². The van der Waals surface area contributed by atoms with Crippen molar-refractivity contribution in [3.05, 3.63) is 0 Å². The highest BCUT2D eigenvalue weighted by molar-refractivity contribution is 7.99. The first-order chi connectivity index (χ1) is 8.70. The van der Waals surface area contributed by atoms with Gasteiger partial charge in [0.05, 0.1) is 0 Å². The predicted molar refractivity (Wildman–Crippen MR) is 77.2 cm³/mol. The average molecular weight is 274 g/mol. The monoisotopic (exact) mass is 274 g/mol. The van der Waals surface area contributed by atoms with E-state index in [-0.39, 0.29) is 6.03 Å². The third-order valence-electron chi connectivity index (χ3n) is 2.70. The number of nitrogens with zero attached hydrogens (tertiary/aromatic N) is 1. The minimum atomic E-state index is 0.0846. The molecule has 4 nitrogen and oxygen atoms in total. The van der Waals surface area contributed by atoms with Gasteiger partial charge in [-0.05, 0) is 24.5 Å². The Morgan fingerprint density at radius 2 is 2.22 bits per heavy atom. The number of nitrogens with one attached hydrogen (secondary N) is 1. The molecule has 0 aromatic carbocycles. The van der Waals surface area contributed by atoms with Crippen molar-refractivity contribution in [1.29, 1.82) is 0 Å². The van der Waals surface area contributed by atoms with Crippen molar-refractivity contribution in [1.82, 2.24) is 10.2 Å². The number of carbonyl (C=O) groups is 1. The topological polar surface area (TPSA) is 41.6 Å². The molecular weight excluding hydrogens is 248 g/mol. The molecule has 0 aromatic rings. The molecular formula is C13H26N2O2S. The Morgan fingerprint density at radius 1 is 1.39 bits per heavy atom. The first-order valence-electron chi connectivity index (χ1n) is 6.88. The van der Waals surface area contributed by atoms with Crippen LogP contribution in [0.1, 0.15) is 26.7 Å². The Labute approximate surface area is 115 Å². The average Bonchev–Trinajstić information content (AvgIpc) is 2.61. The largest absolute Gasteiger partial charge is 0.381 e. The fourth-order valence-corrected chi connectivity index (χ4v) is 2.64. The van der Waals surface area contributed by atoms with Crippen LogP contribution >= 0.6 is 11.8 Å². The minimum absolute atomic E-state index is 0.0846. The number of thioether (sulfide) groups is 1. The highest BCUT2D eigenvalue weighted by Crippen LogP contribution is 2.09. The van der Waals surface area contributed by atoms with Crippen LogP contribution in [0, 0.1) is 5.92 Å². The van der Waals surface area contributed by atoms with Crippen molar-refractivity contribution in [2.24, 2.45) is 5.92 Å². The van der Waals surface area contributed by atoms with Crippen LogP contribution in [-0.2, 0) is 4.74 Å². The number of carbonyl (C=O) groups excluding carboxylic acids is 1. The van der Waals surface area contributed by atoms with Crippen molar-refractivity contribution in [3.63, 3.8) is 0 Å². The quantitative estimate of drug-likeness (QED) is 0.755. The Morgan fingerprint density at radius 3 is 3.00 bits per heavy atom. The van der Waals surface area contributed by atoms with Crippen LogP contribution in [0.5, 0.6) is 0 Å². The molecule has 1 saturated heterocycles. The van der Waals surface area contributed by atoms with Gasteiger partial charge in [0, 0.05) is 38.6 Å². The Kier molecular flexibility index (Phi) is 8.25. The lowest BCUT2D eigenvalue weighted by Gasteiger charge is -2.20. The Bertz CT molecular complexity index is 229. The molecule has 0 saturated carbocycles. The summed E-state index contributed by atoms with van der Waals surface area (Å²) >= 11 is 1.93. The summed E-state index contributed by atoms with van der Waals surface area (Å²) in [5.41, 5.74) is 0. The second-order valence-electron chi connectivity index (χ2n) is 5.01. The van der Waals surface area contributed by atoms with Crippen molar-refractivity contribution >= 4 is 17.8 Å². The van der Waals surface area contributed by atoms with Crippen molar-refractivity contribution < 1.29 is 9.53 Å². The SMILES string of the molecule is CC(C)COCCCNC(=O)N1CCCSCC1. The van der Waals surface area contributed by atoms with E-state index in [4.69, 9.17) is 4.74 Å². The molecule has 1 fully saturated rings. The second kappa shape index (κ2) is 9.50.